The molecule has 0 bridgehead atoms. The molecule has 0 fully saturated rings. The van der Waals surface area contributed by atoms with Gasteiger partial charge in [0.15, 0.2) is 11.7 Å². The van der Waals surface area contributed by atoms with E-state index in [4.69, 9.17) is 16.0 Å². The van der Waals surface area contributed by atoms with Gasteiger partial charge < -0.3 is 14.6 Å². The second kappa shape index (κ2) is 7.71. The first-order valence-corrected chi connectivity index (χ1v) is 9.57. The van der Waals surface area contributed by atoms with Gasteiger partial charge in [0, 0.05) is 20.0 Å². The van der Waals surface area contributed by atoms with Gasteiger partial charge in [0.25, 0.3) is 5.91 Å². The summed E-state index contributed by atoms with van der Waals surface area (Å²) in [6.07, 6.45) is -3.52. The Morgan fingerprint density at radius 2 is 2.03 bits per heavy atom. The third kappa shape index (κ3) is 3.77. The number of aromatic nitrogens is 2. The summed E-state index contributed by atoms with van der Waals surface area (Å²) in [6.45, 7) is 0.267. The van der Waals surface area contributed by atoms with Gasteiger partial charge in [-0.3, -0.25) is 4.79 Å². The molecule has 6 nitrogen and oxygen atoms in total. The standard InChI is InChI=1S/C20H18ClF3N4O2/c1-27(11-12-6-3-2-4-7-12)19(29)17-16(21)18-25-13(14-8-5-9-30-14)10-15(20(22,23)24)28(18)26-17/h2-9,13,15,25H,10-11H2,1H3. The number of anilines is 1. The van der Waals surface area contributed by atoms with Gasteiger partial charge in [-0.2, -0.15) is 18.3 Å². The number of alkyl halides is 3. The van der Waals surface area contributed by atoms with E-state index in [9.17, 15) is 18.0 Å². The second-order valence-electron chi connectivity index (χ2n) is 7.11. The third-order valence-corrected chi connectivity index (χ3v) is 5.35. The average Bonchev–Trinajstić information content (AvgIpc) is 3.35. The third-order valence-electron chi connectivity index (χ3n) is 4.99. The normalized spacial score (nSPS) is 18.6. The molecule has 2 aromatic heterocycles. The van der Waals surface area contributed by atoms with Gasteiger partial charge in [0.05, 0.1) is 12.3 Å². The largest absolute Gasteiger partial charge is 0.467 e. The van der Waals surface area contributed by atoms with Crippen molar-refractivity contribution in [3.05, 3.63) is 70.8 Å². The quantitative estimate of drug-likeness (QED) is 0.618. The zero-order chi connectivity index (χ0) is 21.5. The Kier molecular flexibility index (Phi) is 5.23. The van der Waals surface area contributed by atoms with Crippen LogP contribution in [0.25, 0.3) is 0 Å². The number of amides is 1. The summed E-state index contributed by atoms with van der Waals surface area (Å²) >= 11 is 6.34. The molecule has 0 spiro atoms. The molecule has 30 heavy (non-hydrogen) atoms. The molecule has 0 saturated heterocycles. The van der Waals surface area contributed by atoms with E-state index in [1.807, 2.05) is 30.3 Å². The summed E-state index contributed by atoms with van der Waals surface area (Å²) in [5.41, 5.74) is 0.643. The first-order chi connectivity index (χ1) is 14.3. The number of hydrogen-bond donors (Lipinski definition) is 1. The minimum absolute atomic E-state index is 0.0527. The SMILES string of the molecule is CN(Cc1ccccc1)C(=O)c1nn2c(c1Cl)NC(c1ccco1)CC2C(F)(F)F. The number of hydrogen-bond acceptors (Lipinski definition) is 4. The van der Waals surface area contributed by atoms with Gasteiger partial charge >= 0.3 is 6.18 Å². The molecule has 3 aromatic rings. The summed E-state index contributed by atoms with van der Waals surface area (Å²) in [6, 6.07) is 9.71. The predicted octanol–water partition coefficient (Wildman–Crippen LogP) is 5.06. The van der Waals surface area contributed by atoms with Crippen LogP contribution in [0.5, 0.6) is 0 Å². The molecule has 1 amide bonds. The summed E-state index contributed by atoms with van der Waals surface area (Å²) in [5.74, 6) is -0.270. The monoisotopic (exact) mass is 438 g/mol. The molecule has 0 saturated carbocycles. The molecule has 1 aliphatic rings. The lowest BCUT2D eigenvalue weighted by molar-refractivity contribution is -0.174. The van der Waals surface area contributed by atoms with Crippen molar-refractivity contribution in [1.82, 2.24) is 14.7 Å². The zero-order valence-corrected chi connectivity index (χ0v) is 16.6. The van der Waals surface area contributed by atoms with Crippen molar-refractivity contribution in [3.8, 4) is 0 Å². The number of carbonyl (C=O) groups is 1. The summed E-state index contributed by atoms with van der Waals surface area (Å²) in [5, 5.41) is 6.75. The first kappa shape index (κ1) is 20.3. The van der Waals surface area contributed by atoms with Gasteiger partial charge in [-0.1, -0.05) is 41.9 Å². The van der Waals surface area contributed by atoms with Gasteiger partial charge in [0.1, 0.15) is 16.6 Å². The number of furan rings is 1. The van der Waals surface area contributed by atoms with Gasteiger partial charge in [0.2, 0.25) is 0 Å². The lowest BCUT2D eigenvalue weighted by Crippen LogP contribution is -2.35. The van der Waals surface area contributed by atoms with E-state index in [0.717, 1.165) is 10.2 Å². The molecule has 4 rings (SSSR count). The Labute approximate surface area is 175 Å². The minimum atomic E-state index is -4.58. The number of nitrogens with zero attached hydrogens (tertiary/aromatic N) is 3. The maximum Gasteiger partial charge on any atom is 0.410 e. The fourth-order valence-electron chi connectivity index (χ4n) is 3.51. The molecule has 2 atom stereocenters. The van der Waals surface area contributed by atoms with Crippen molar-refractivity contribution >= 4 is 23.3 Å². The van der Waals surface area contributed by atoms with Crippen molar-refractivity contribution in [2.75, 3.05) is 12.4 Å². The number of rotatable bonds is 4. The van der Waals surface area contributed by atoms with E-state index in [1.165, 1.54) is 11.2 Å². The van der Waals surface area contributed by atoms with Crippen LogP contribution >= 0.6 is 11.6 Å². The fourth-order valence-corrected chi connectivity index (χ4v) is 3.77. The van der Waals surface area contributed by atoms with Crippen LogP contribution < -0.4 is 5.32 Å². The Bertz CT molecular complexity index is 1030. The molecule has 0 aliphatic carbocycles. The van der Waals surface area contributed by atoms with Crippen LogP contribution in [0.15, 0.2) is 53.1 Å². The highest BCUT2D eigenvalue weighted by Crippen LogP contribution is 2.46. The van der Waals surface area contributed by atoms with E-state index in [0.29, 0.717) is 5.76 Å². The molecule has 158 valence electrons. The molecule has 1 aliphatic heterocycles. The smallest absolute Gasteiger partial charge is 0.410 e. The van der Waals surface area contributed by atoms with Crippen molar-refractivity contribution < 1.29 is 22.4 Å². The highest BCUT2D eigenvalue weighted by atomic mass is 35.5. The number of halogens is 4. The summed E-state index contributed by atoms with van der Waals surface area (Å²) in [7, 11) is 1.55. The Morgan fingerprint density at radius 1 is 1.30 bits per heavy atom. The van der Waals surface area contributed by atoms with E-state index < -0.39 is 24.2 Å². The second-order valence-corrected chi connectivity index (χ2v) is 7.49. The highest BCUT2D eigenvalue weighted by Gasteiger charge is 2.48. The van der Waals surface area contributed by atoms with E-state index in [2.05, 4.69) is 10.4 Å². The van der Waals surface area contributed by atoms with Crippen LogP contribution in [0.4, 0.5) is 19.0 Å². The minimum Gasteiger partial charge on any atom is -0.467 e. The molecule has 3 heterocycles. The number of carbonyl (C=O) groups excluding carboxylic acids is 1. The Hall–Kier alpha value is -2.94. The maximum absolute atomic E-state index is 13.8. The lowest BCUT2D eigenvalue weighted by Gasteiger charge is -2.32. The predicted molar refractivity (Wildman–Crippen MR) is 104 cm³/mol. The van der Waals surface area contributed by atoms with Crippen LogP contribution in [0.1, 0.15) is 40.3 Å². The van der Waals surface area contributed by atoms with Crippen molar-refractivity contribution in [3.63, 3.8) is 0 Å². The topological polar surface area (TPSA) is 63.3 Å². The molecular formula is C20H18ClF3N4O2. The van der Waals surface area contributed by atoms with E-state index in [1.54, 1.807) is 19.2 Å². The van der Waals surface area contributed by atoms with Crippen LogP contribution in [0, 0.1) is 0 Å². The Balaban J connectivity index is 1.67. The van der Waals surface area contributed by atoms with Crippen LogP contribution in [0.2, 0.25) is 5.02 Å². The van der Waals surface area contributed by atoms with Crippen LogP contribution in [0.3, 0.4) is 0 Å². The first-order valence-electron chi connectivity index (χ1n) is 9.19. The molecule has 1 aromatic carbocycles. The zero-order valence-electron chi connectivity index (χ0n) is 15.9. The number of nitrogens with one attached hydrogen (secondary N) is 1. The van der Waals surface area contributed by atoms with Gasteiger partial charge in [-0.15, -0.1) is 0 Å². The van der Waals surface area contributed by atoms with Gasteiger partial charge in [-0.05, 0) is 17.7 Å². The summed E-state index contributed by atoms with van der Waals surface area (Å²) < 4.78 is 47.3. The van der Waals surface area contributed by atoms with E-state index >= 15 is 0 Å². The Morgan fingerprint density at radius 3 is 2.67 bits per heavy atom. The van der Waals surface area contributed by atoms with Crippen LogP contribution in [-0.4, -0.2) is 33.8 Å². The number of benzene rings is 1. The molecule has 2 unspecified atom stereocenters. The molecule has 10 heteroatoms. The van der Waals surface area contributed by atoms with E-state index in [-0.39, 0.29) is 29.5 Å². The maximum atomic E-state index is 13.8. The van der Waals surface area contributed by atoms with Crippen LogP contribution in [-0.2, 0) is 6.54 Å². The molecular weight excluding hydrogens is 421 g/mol. The number of fused-ring (bicyclic) bond motifs is 1. The molecule has 1 N–H and O–H groups in total. The van der Waals surface area contributed by atoms with Crippen molar-refractivity contribution in [2.45, 2.75) is 31.2 Å². The fraction of sp³-hybridized carbons (Fsp3) is 0.300. The summed E-state index contributed by atoms with van der Waals surface area (Å²) in [4.78, 5) is 14.3. The van der Waals surface area contributed by atoms with Crippen molar-refractivity contribution in [2.24, 2.45) is 0 Å². The molecule has 0 radical (unpaired) electrons. The lowest BCUT2D eigenvalue weighted by atomic mass is 10.0. The van der Waals surface area contributed by atoms with Gasteiger partial charge in [-0.25, -0.2) is 4.68 Å². The van der Waals surface area contributed by atoms with Crippen molar-refractivity contribution in [1.29, 1.82) is 0 Å². The highest BCUT2D eigenvalue weighted by molar-refractivity contribution is 6.36. The average molecular weight is 439 g/mol.